The van der Waals surface area contributed by atoms with Gasteiger partial charge in [0.1, 0.15) is 6.10 Å². The molecular weight excluding hydrogens is 292 g/mol. The van der Waals surface area contributed by atoms with Crippen LogP contribution in [-0.4, -0.2) is 11.8 Å². The highest BCUT2D eigenvalue weighted by atomic mass is 16.5. The number of ketones is 1. The molecule has 23 heavy (non-hydrogen) atoms. The van der Waals surface area contributed by atoms with Crippen LogP contribution in [0.15, 0.2) is 46.3 Å². The van der Waals surface area contributed by atoms with Crippen molar-refractivity contribution in [3.8, 4) is 0 Å². The molecule has 4 rings (SSSR count). The molecule has 120 valence electrons. The number of hydrogen-bond acceptors (Lipinski definition) is 4. The molecule has 2 heterocycles. The largest absolute Gasteiger partial charge is 0.472 e. The Morgan fingerprint density at radius 1 is 1.26 bits per heavy atom. The summed E-state index contributed by atoms with van der Waals surface area (Å²) in [4.78, 5) is 24.2. The molecule has 0 bridgehead atoms. The maximum atomic E-state index is 12.2. The van der Waals surface area contributed by atoms with E-state index in [0.29, 0.717) is 6.42 Å². The molecule has 1 aliphatic heterocycles. The predicted octanol–water partition coefficient (Wildman–Crippen LogP) is 3.76. The molecule has 4 heteroatoms. The van der Waals surface area contributed by atoms with Gasteiger partial charge >= 0.3 is 5.97 Å². The Morgan fingerprint density at radius 3 is 2.83 bits per heavy atom. The van der Waals surface area contributed by atoms with Crippen molar-refractivity contribution in [1.82, 2.24) is 0 Å². The first kappa shape index (κ1) is 14.5. The molecule has 1 aromatic heterocycles. The van der Waals surface area contributed by atoms with Gasteiger partial charge in [-0.1, -0.05) is 19.9 Å². The van der Waals surface area contributed by atoms with Gasteiger partial charge in [-0.25, -0.2) is 0 Å². The lowest BCUT2D eigenvalue weighted by Crippen LogP contribution is -2.43. The van der Waals surface area contributed by atoms with Gasteiger partial charge in [0.15, 0.2) is 5.78 Å². The fraction of sp³-hybridized carbons (Fsp3) is 0.474. The molecule has 1 fully saturated rings. The van der Waals surface area contributed by atoms with E-state index in [4.69, 9.17) is 9.15 Å². The van der Waals surface area contributed by atoms with Crippen LogP contribution < -0.4 is 0 Å². The van der Waals surface area contributed by atoms with Crippen molar-refractivity contribution in [1.29, 1.82) is 0 Å². The van der Waals surface area contributed by atoms with Crippen LogP contribution in [0.4, 0.5) is 0 Å². The Balaban J connectivity index is 1.86. The van der Waals surface area contributed by atoms with Crippen molar-refractivity contribution in [2.24, 2.45) is 17.3 Å². The first-order valence-electron chi connectivity index (χ1n) is 8.18. The minimum Gasteiger partial charge on any atom is -0.472 e. The Morgan fingerprint density at radius 2 is 2.09 bits per heavy atom. The minimum absolute atomic E-state index is 0.00243. The van der Waals surface area contributed by atoms with E-state index in [1.165, 1.54) is 5.57 Å². The van der Waals surface area contributed by atoms with Crippen LogP contribution in [0, 0.1) is 17.3 Å². The van der Waals surface area contributed by atoms with E-state index in [1.54, 1.807) is 18.6 Å². The molecule has 1 aromatic rings. The van der Waals surface area contributed by atoms with Gasteiger partial charge in [-0.2, -0.15) is 0 Å². The Bertz CT molecular complexity index is 725. The number of rotatable bonds is 1. The van der Waals surface area contributed by atoms with Crippen LogP contribution in [-0.2, 0) is 14.3 Å². The highest BCUT2D eigenvalue weighted by Crippen LogP contribution is 2.57. The molecule has 0 amide bonds. The van der Waals surface area contributed by atoms with Crippen LogP contribution in [0.25, 0.3) is 0 Å². The molecule has 1 unspecified atom stereocenters. The molecule has 3 aliphatic rings. The second-order valence-electron chi connectivity index (χ2n) is 7.12. The number of allylic oxidation sites excluding steroid dienone is 3. The summed E-state index contributed by atoms with van der Waals surface area (Å²) in [6, 6.07) is 1.87. The Kier molecular flexibility index (Phi) is 3.12. The minimum atomic E-state index is -0.313. The van der Waals surface area contributed by atoms with Crippen LogP contribution in [0.2, 0.25) is 0 Å². The number of carbonyl (C=O) groups is 2. The van der Waals surface area contributed by atoms with Gasteiger partial charge in [-0.3, -0.25) is 9.59 Å². The zero-order chi connectivity index (χ0) is 16.2. The molecule has 0 spiro atoms. The number of esters is 1. The summed E-state index contributed by atoms with van der Waals surface area (Å²) in [5.41, 5.74) is 3.00. The van der Waals surface area contributed by atoms with Gasteiger partial charge in [-0.05, 0) is 42.0 Å². The standard InChI is InChI=1S/C19H20O4/c1-11-13-5-7-19(2)15(14(13)3-4-16(11)20)9-17(21)23-18(19)12-6-8-22-10-12/h3-4,6,8,10-11,13,18H,5,7,9H2,1-2H3/t11?,13-,18+,19-/m1/s1. The second-order valence-corrected chi connectivity index (χ2v) is 7.12. The summed E-state index contributed by atoms with van der Waals surface area (Å²) in [6.45, 7) is 4.17. The van der Waals surface area contributed by atoms with Crippen LogP contribution in [0.3, 0.4) is 0 Å². The Hall–Kier alpha value is -2.10. The topological polar surface area (TPSA) is 56.5 Å². The van der Waals surface area contributed by atoms with E-state index in [1.807, 2.05) is 19.1 Å². The maximum absolute atomic E-state index is 12.2. The van der Waals surface area contributed by atoms with Gasteiger partial charge in [0, 0.05) is 16.9 Å². The maximum Gasteiger partial charge on any atom is 0.310 e. The van der Waals surface area contributed by atoms with Gasteiger partial charge < -0.3 is 9.15 Å². The van der Waals surface area contributed by atoms with Gasteiger partial charge in [0.05, 0.1) is 18.9 Å². The highest BCUT2D eigenvalue weighted by molar-refractivity contribution is 5.94. The van der Waals surface area contributed by atoms with E-state index >= 15 is 0 Å². The number of furan rings is 1. The third-order valence-corrected chi connectivity index (χ3v) is 5.89. The molecule has 4 nitrogen and oxygen atoms in total. The lowest BCUT2D eigenvalue weighted by Gasteiger charge is -2.49. The molecule has 1 saturated heterocycles. The van der Waals surface area contributed by atoms with Gasteiger partial charge in [0.25, 0.3) is 0 Å². The Labute approximate surface area is 135 Å². The number of hydrogen-bond donors (Lipinski definition) is 0. The first-order chi connectivity index (χ1) is 11.0. The van der Waals surface area contributed by atoms with Crippen molar-refractivity contribution >= 4 is 11.8 Å². The van der Waals surface area contributed by atoms with Crippen molar-refractivity contribution in [2.75, 3.05) is 0 Å². The first-order valence-corrected chi connectivity index (χ1v) is 8.18. The van der Waals surface area contributed by atoms with E-state index < -0.39 is 0 Å². The highest BCUT2D eigenvalue weighted by Gasteiger charge is 2.51. The zero-order valence-corrected chi connectivity index (χ0v) is 13.4. The molecule has 0 aromatic carbocycles. The summed E-state index contributed by atoms with van der Waals surface area (Å²) in [6.07, 6.45) is 8.73. The summed E-state index contributed by atoms with van der Waals surface area (Å²) in [7, 11) is 0. The number of cyclic esters (lactones) is 1. The average Bonchev–Trinajstić information content (AvgIpc) is 3.05. The molecule has 0 radical (unpaired) electrons. The monoisotopic (exact) mass is 312 g/mol. The van der Waals surface area contributed by atoms with Crippen LogP contribution in [0.5, 0.6) is 0 Å². The smallest absolute Gasteiger partial charge is 0.310 e. The fourth-order valence-corrected chi connectivity index (χ4v) is 4.48. The quantitative estimate of drug-likeness (QED) is 0.741. The van der Waals surface area contributed by atoms with E-state index in [2.05, 4.69) is 6.92 Å². The number of fused-ring (bicyclic) bond motifs is 2. The van der Waals surface area contributed by atoms with Gasteiger partial charge in [-0.15, -0.1) is 0 Å². The van der Waals surface area contributed by atoms with Gasteiger partial charge in [0.2, 0.25) is 0 Å². The van der Waals surface area contributed by atoms with Crippen molar-refractivity contribution in [2.45, 2.75) is 39.2 Å². The van der Waals surface area contributed by atoms with Crippen molar-refractivity contribution in [3.05, 3.63) is 47.5 Å². The molecule has 4 atom stereocenters. The molecule has 0 N–H and O–H groups in total. The molecular formula is C19H20O4. The van der Waals surface area contributed by atoms with Crippen LogP contribution >= 0.6 is 0 Å². The zero-order valence-electron chi connectivity index (χ0n) is 13.4. The molecule has 2 aliphatic carbocycles. The third-order valence-electron chi connectivity index (χ3n) is 5.89. The van der Waals surface area contributed by atoms with E-state index in [0.717, 1.165) is 24.0 Å². The second kappa shape index (κ2) is 4.95. The third kappa shape index (κ3) is 2.04. The van der Waals surface area contributed by atoms with Crippen molar-refractivity contribution < 1.29 is 18.7 Å². The number of ether oxygens (including phenoxy) is 1. The summed E-state index contributed by atoms with van der Waals surface area (Å²) < 4.78 is 10.9. The summed E-state index contributed by atoms with van der Waals surface area (Å²) in [5, 5.41) is 0. The SMILES string of the molecule is CC1C(=O)C=CC2=C3CC(=O)O[C@@H](c4ccoc4)[C@]3(C)CC[C@@H]21. The van der Waals surface area contributed by atoms with E-state index in [-0.39, 0.29) is 35.1 Å². The normalized spacial score (nSPS) is 36.5. The summed E-state index contributed by atoms with van der Waals surface area (Å²) >= 11 is 0. The lowest BCUT2D eigenvalue weighted by molar-refractivity contribution is -0.161. The average molecular weight is 312 g/mol. The predicted molar refractivity (Wildman–Crippen MR) is 83.3 cm³/mol. The van der Waals surface area contributed by atoms with Crippen molar-refractivity contribution in [3.63, 3.8) is 0 Å². The van der Waals surface area contributed by atoms with Crippen LogP contribution in [0.1, 0.15) is 44.8 Å². The molecule has 0 saturated carbocycles. The lowest BCUT2D eigenvalue weighted by atomic mass is 9.59. The summed E-state index contributed by atoms with van der Waals surface area (Å²) in [5.74, 6) is 0.214. The number of carbonyl (C=O) groups excluding carboxylic acids is 2. The van der Waals surface area contributed by atoms with E-state index in [9.17, 15) is 9.59 Å². The fourth-order valence-electron chi connectivity index (χ4n) is 4.48.